The molecular weight excluding hydrogens is 261 g/mol. The second kappa shape index (κ2) is 6.71. The van der Waals surface area contributed by atoms with Gasteiger partial charge in [-0.3, -0.25) is 0 Å². The van der Waals surface area contributed by atoms with Crippen molar-refractivity contribution in [3.8, 4) is 0 Å². The third-order valence-electron chi connectivity index (χ3n) is 4.49. The molecule has 0 radical (unpaired) electrons. The minimum atomic E-state index is -0.346. The molecule has 0 spiro atoms. The maximum absolute atomic E-state index is 13.4. The first-order valence-corrected chi connectivity index (χ1v) is 7.68. The Hall–Kier alpha value is -0.600. The molecular formula is C16H23ClFN. The first-order valence-electron chi connectivity index (χ1n) is 7.30. The van der Waals surface area contributed by atoms with Crippen LogP contribution in [-0.2, 0) is 6.42 Å². The first-order chi connectivity index (χ1) is 9.11. The summed E-state index contributed by atoms with van der Waals surface area (Å²) in [7, 11) is 0. The van der Waals surface area contributed by atoms with Gasteiger partial charge in [0.1, 0.15) is 5.82 Å². The van der Waals surface area contributed by atoms with Crippen LogP contribution >= 0.6 is 11.6 Å². The maximum atomic E-state index is 13.4. The number of benzene rings is 1. The highest BCUT2D eigenvalue weighted by Crippen LogP contribution is 2.33. The number of hydrogen-bond donors (Lipinski definition) is 1. The largest absolute Gasteiger partial charge is 0.327 e. The topological polar surface area (TPSA) is 26.0 Å². The lowest BCUT2D eigenvalue weighted by atomic mass is 9.76. The first kappa shape index (κ1) is 14.8. The zero-order valence-corrected chi connectivity index (χ0v) is 12.3. The summed E-state index contributed by atoms with van der Waals surface area (Å²) in [6, 6.07) is 5.07. The molecule has 0 saturated heterocycles. The molecule has 1 aliphatic rings. The van der Waals surface area contributed by atoms with Crippen molar-refractivity contribution in [3.63, 3.8) is 0 Å². The number of hydrogen-bond acceptors (Lipinski definition) is 1. The predicted molar refractivity (Wildman–Crippen MR) is 78.8 cm³/mol. The smallest absolute Gasteiger partial charge is 0.142 e. The second-order valence-corrected chi connectivity index (χ2v) is 6.16. The SMILES string of the molecule is CCC1CCCC(C(N)Cc2cccc(F)c2Cl)C1. The lowest BCUT2D eigenvalue weighted by Gasteiger charge is -2.32. The minimum Gasteiger partial charge on any atom is -0.327 e. The van der Waals surface area contributed by atoms with E-state index in [0.717, 1.165) is 11.5 Å². The van der Waals surface area contributed by atoms with Gasteiger partial charge in [-0.05, 0) is 42.7 Å². The van der Waals surface area contributed by atoms with Crippen LogP contribution < -0.4 is 5.73 Å². The Kier molecular flexibility index (Phi) is 5.23. The zero-order valence-electron chi connectivity index (χ0n) is 11.5. The van der Waals surface area contributed by atoms with Crippen LogP contribution in [-0.4, -0.2) is 6.04 Å². The molecule has 0 heterocycles. The van der Waals surface area contributed by atoms with Gasteiger partial charge in [0.15, 0.2) is 0 Å². The summed E-state index contributed by atoms with van der Waals surface area (Å²) in [6.07, 6.45) is 6.94. The molecule has 1 aromatic rings. The summed E-state index contributed by atoms with van der Waals surface area (Å²) in [5.41, 5.74) is 7.18. The van der Waals surface area contributed by atoms with Gasteiger partial charge < -0.3 is 5.73 Å². The van der Waals surface area contributed by atoms with Crippen molar-refractivity contribution < 1.29 is 4.39 Å². The fourth-order valence-corrected chi connectivity index (χ4v) is 3.42. The maximum Gasteiger partial charge on any atom is 0.142 e. The van der Waals surface area contributed by atoms with E-state index < -0.39 is 0 Å². The van der Waals surface area contributed by atoms with Gasteiger partial charge in [-0.15, -0.1) is 0 Å². The monoisotopic (exact) mass is 283 g/mol. The highest BCUT2D eigenvalue weighted by Gasteiger charge is 2.26. The Morgan fingerprint density at radius 1 is 1.42 bits per heavy atom. The molecule has 1 fully saturated rings. The summed E-state index contributed by atoms with van der Waals surface area (Å²) in [5.74, 6) is 1.02. The van der Waals surface area contributed by atoms with E-state index in [1.807, 2.05) is 6.07 Å². The van der Waals surface area contributed by atoms with Crippen LogP contribution in [0, 0.1) is 17.7 Å². The summed E-state index contributed by atoms with van der Waals surface area (Å²) in [4.78, 5) is 0. The predicted octanol–water partition coefficient (Wildman–Crippen LogP) is 4.57. The molecule has 106 valence electrons. The molecule has 0 bridgehead atoms. The molecule has 2 N–H and O–H groups in total. The summed E-state index contributed by atoms with van der Waals surface area (Å²) < 4.78 is 13.4. The molecule has 0 aromatic heterocycles. The lowest BCUT2D eigenvalue weighted by Crippen LogP contribution is -2.35. The van der Waals surface area contributed by atoms with Gasteiger partial charge in [0.2, 0.25) is 0 Å². The molecule has 1 nitrogen and oxygen atoms in total. The van der Waals surface area contributed by atoms with E-state index in [0.29, 0.717) is 12.3 Å². The summed E-state index contributed by atoms with van der Waals surface area (Å²) in [6.45, 7) is 2.25. The van der Waals surface area contributed by atoms with Crippen molar-refractivity contribution in [1.82, 2.24) is 0 Å². The molecule has 3 atom stereocenters. The molecule has 0 amide bonds. The second-order valence-electron chi connectivity index (χ2n) is 5.78. The van der Waals surface area contributed by atoms with Gasteiger partial charge in [-0.2, -0.15) is 0 Å². The number of halogens is 2. The average molecular weight is 284 g/mol. The van der Waals surface area contributed by atoms with Gasteiger partial charge in [-0.1, -0.05) is 49.9 Å². The summed E-state index contributed by atoms with van der Waals surface area (Å²) in [5, 5.41) is 0.237. The third kappa shape index (κ3) is 3.70. The van der Waals surface area contributed by atoms with Gasteiger partial charge in [0.25, 0.3) is 0 Å². The van der Waals surface area contributed by atoms with Gasteiger partial charge in [-0.25, -0.2) is 4.39 Å². The van der Waals surface area contributed by atoms with Crippen molar-refractivity contribution in [2.24, 2.45) is 17.6 Å². The van der Waals surface area contributed by atoms with E-state index in [1.165, 1.54) is 38.2 Å². The third-order valence-corrected chi connectivity index (χ3v) is 4.92. The van der Waals surface area contributed by atoms with Crippen LogP contribution in [0.4, 0.5) is 4.39 Å². The van der Waals surface area contributed by atoms with E-state index >= 15 is 0 Å². The summed E-state index contributed by atoms with van der Waals surface area (Å²) >= 11 is 6.00. The van der Waals surface area contributed by atoms with Gasteiger partial charge in [0, 0.05) is 6.04 Å². The van der Waals surface area contributed by atoms with Crippen LogP contribution in [0.3, 0.4) is 0 Å². The van der Waals surface area contributed by atoms with Crippen LogP contribution in [0.2, 0.25) is 5.02 Å². The van der Waals surface area contributed by atoms with E-state index in [1.54, 1.807) is 6.07 Å². The van der Waals surface area contributed by atoms with E-state index in [9.17, 15) is 4.39 Å². The zero-order chi connectivity index (χ0) is 13.8. The van der Waals surface area contributed by atoms with Gasteiger partial charge >= 0.3 is 0 Å². The quantitative estimate of drug-likeness (QED) is 0.861. The van der Waals surface area contributed by atoms with Crippen molar-refractivity contribution in [3.05, 3.63) is 34.6 Å². The normalized spacial score (nSPS) is 25.3. The molecule has 0 aliphatic heterocycles. The number of nitrogens with two attached hydrogens (primary N) is 1. The highest BCUT2D eigenvalue weighted by molar-refractivity contribution is 6.31. The molecule has 1 saturated carbocycles. The van der Waals surface area contributed by atoms with Crippen LogP contribution in [0.25, 0.3) is 0 Å². The standard InChI is InChI=1S/C16H23ClFN/c1-2-11-5-3-6-12(9-11)15(19)10-13-7-4-8-14(18)16(13)17/h4,7-8,11-12,15H,2-3,5-6,9-10,19H2,1H3. The van der Waals surface area contributed by atoms with Crippen molar-refractivity contribution >= 4 is 11.6 Å². The van der Waals surface area contributed by atoms with Crippen molar-refractivity contribution in [1.29, 1.82) is 0 Å². The fraction of sp³-hybridized carbons (Fsp3) is 0.625. The minimum absolute atomic E-state index is 0.0913. The average Bonchev–Trinajstić information content (AvgIpc) is 2.44. The van der Waals surface area contributed by atoms with Crippen LogP contribution in [0.15, 0.2) is 18.2 Å². The molecule has 3 heteroatoms. The Bertz CT molecular complexity index is 421. The van der Waals surface area contributed by atoms with Crippen LogP contribution in [0.1, 0.15) is 44.6 Å². The number of rotatable bonds is 4. The van der Waals surface area contributed by atoms with Gasteiger partial charge in [0.05, 0.1) is 5.02 Å². The van der Waals surface area contributed by atoms with Crippen LogP contribution in [0.5, 0.6) is 0 Å². The Balaban J connectivity index is 2.00. The highest BCUT2D eigenvalue weighted by atomic mass is 35.5. The molecule has 1 aliphatic carbocycles. The Morgan fingerprint density at radius 3 is 2.95 bits per heavy atom. The molecule has 19 heavy (non-hydrogen) atoms. The van der Waals surface area contributed by atoms with E-state index in [2.05, 4.69) is 6.92 Å². The molecule has 1 aromatic carbocycles. The van der Waals surface area contributed by atoms with E-state index in [4.69, 9.17) is 17.3 Å². The molecule has 2 rings (SSSR count). The Morgan fingerprint density at radius 2 is 2.21 bits per heavy atom. The molecule has 3 unspecified atom stereocenters. The lowest BCUT2D eigenvalue weighted by molar-refractivity contribution is 0.228. The Labute approximate surface area is 120 Å². The van der Waals surface area contributed by atoms with E-state index in [-0.39, 0.29) is 16.9 Å². The fourth-order valence-electron chi connectivity index (χ4n) is 3.22. The van der Waals surface area contributed by atoms with Crippen molar-refractivity contribution in [2.75, 3.05) is 0 Å². The van der Waals surface area contributed by atoms with Crippen molar-refractivity contribution in [2.45, 2.75) is 51.5 Å².